The van der Waals surface area contributed by atoms with Gasteiger partial charge in [0, 0.05) is 5.56 Å². The molecule has 1 aliphatic heterocycles. The Labute approximate surface area is 253 Å². The molecule has 4 aromatic rings. The number of carbonyl (C=O) groups is 3. The molecule has 3 aromatic carbocycles. The number of thiazole rings is 1. The van der Waals surface area contributed by atoms with E-state index in [9.17, 15) is 19.5 Å². The van der Waals surface area contributed by atoms with E-state index in [0.717, 1.165) is 22.5 Å². The topological polar surface area (TPSA) is 115 Å². The highest BCUT2D eigenvalue weighted by Crippen LogP contribution is 2.44. The first-order chi connectivity index (χ1) is 20.7. The van der Waals surface area contributed by atoms with Crippen LogP contribution in [0, 0.1) is 13.8 Å². The van der Waals surface area contributed by atoms with Crippen molar-refractivity contribution in [2.45, 2.75) is 33.4 Å². The Morgan fingerprint density at radius 3 is 2.37 bits per heavy atom. The number of aliphatic hydroxyl groups is 1. The number of nitrogens with zero attached hydrogens (tertiary/aromatic N) is 2. The predicted octanol–water partition coefficient (Wildman–Crippen LogP) is 6.15. The van der Waals surface area contributed by atoms with E-state index in [-0.39, 0.29) is 21.3 Å². The number of carbonyl (C=O) groups excluding carboxylic acids is 3. The molecule has 1 amide bonds. The summed E-state index contributed by atoms with van der Waals surface area (Å²) in [6, 6.07) is 20.7. The van der Waals surface area contributed by atoms with Crippen LogP contribution in [0.2, 0.25) is 0 Å². The number of methoxy groups -OCH3 is 1. The Bertz CT molecular complexity index is 1710. The molecule has 0 bridgehead atoms. The standard InChI is InChI=1S/C33H30N2O7S/c1-5-41-24-14-11-22(12-15-24)27-26(29(37)31(38)35(27)33-34-20(3)30(43-33)32(39)40-4)28(36)23-13-16-25(19(2)17-23)42-18-21-9-7-6-8-10-21/h6-17,27,36H,5,18H2,1-4H3/b28-26+. The monoisotopic (exact) mass is 598 g/mol. The van der Waals surface area contributed by atoms with Gasteiger partial charge >= 0.3 is 11.9 Å². The van der Waals surface area contributed by atoms with Gasteiger partial charge in [-0.3, -0.25) is 14.5 Å². The van der Waals surface area contributed by atoms with E-state index in [4.69, 9.17) is 14.2 Å². The summed E-state index contributed by atoms with van der Waals surface area (Å²) in [5.41, 5.74) is 2.92. The van der Waals surface area contributed by atoms with E-state index in [2.05, 4.69) is 4.98 Å². The van der Waals surface area contributed by atoms with Gasteiger partial charge in [0.25, 0.3) is 5.78 Å². The molecule has 0 aliphatic carbocycles. The van der Waals surface area contributed by atoms with E-state index in [1.165, 1.54) is 12.0 Å². The summed E-state index contributed by atoms with van der Waals surface area (Å²) in [6.07, 6.45) is 0. The van der Waals surface area contributed by atoms with Gasteiger partial charge in [0.05, 0.1) is 31.0 Å². The van der Waals surface area contributed by atoms with Crippen LogP contribution in [-0.4, -0.2) is 41.5 Å². The summed E-state index contributed by atoms with van der Waals surface area (Å²) >= 11 is 0.944. The highest BCUT2D eigenvalue weighted by Gasteiger charge is 2.48. The second kappa shape index (κ2) is 12.5. The third-order valence-corrected chi connectivity index (χ3v) is 8.14. The number of hydrogen-bond acceptors (Lipinski definition) is 9. The van der Waals surface area contributed by atoms with Gasteiger partial charge in [-0.1, -0.05) is 53.8 Å². The Kier molecular flexibility index (Phi) is 8.58. The lowest BCUT2D eigenvalue weighted by molar-refractivity contribution is -0.132. The zero-order chi connectivity index (χ0) is 30.7. The maximum Gasteiger partial charge on any atom is 0.350 e. The minimum atomic E-state index is -1.01. The predicted molar refractivity (Wildman–Crippen MR) is 163 cm³/mol. The van der Waals surface area contributed by atoms with Gasteiger partial charge in [0.2, 0.25) is 0 Å². The molecule has 1 aromatic heterocycles. The van der Waals surface area contributed by atoms with Crippen molar-refractivity contribution in [1.29, 1.82) is 0 Å². The third kappa shape index (κ3) is 5.87. The molecule has 1 aliphatic rings. The van der Waals surface area contributed by atoms with Crippen LogP contribution >= 0.6 is 11.3 Å². The number of Topliss-reactive ketones (excluding diaryl/α,β-unsaturated/α-hetero) is 1. The molecule has 1 unspecified atom stereocenters. The highest BCUT2D eigenvalue weighted by molar-refractivity contribution is 7.17. The fourth-order valence-electron chi connectivity index (χ4n) is 4.88. The summed E-state index contributed by atoms with van der Waals surface area (Å²) in [6.45, 7) is 6.17. The maximum absolute atomic E-state index is 13.6. The molecule has 2 heterocycles. The average Bonchev–Trinajstić information content (AvgIpc) is 3.52. The fraction of sp³-hybridized carbons (Fsp3) is 0.212. The smallest absolute Gasteiger partial charge is 0.350 e. The van der Waals surface area contributed by atoms with Crippen LogP contribution in [0.4, 0.5) is 5.13 Å². The summed E-state index contributed by atoms with van der Waals surface area (Å²) in [5.74, 6) is -1.43. The van der Waals surface area contributed by atoms with Crippen molar-refractivity contribution >= 4 is 39.9 Å². The number of ketones is 1. The number of aromatic nitrogens is 1. The van der Waals surface area contributed by atoms with E-state index < -0.39 is 23.7 Å². The molecule has 0 radical (unpaired) electrons. The lowest BCUT2D eigenvalue weighted by Crippen LogP contribution is -2.29. The van der Waals surface area contributed by atoms with Crippen molar-refractivity contribution < 1.29 is 33.7 Å². The molecule has 220 valence electrons. The van der Waals surface area contributed by atoms with Gasteiger partial charge in [-0.2, -0.15) is 0 Å². The van der Waals surface area contributed by atoms with Crippen LogP contribution in [0.25, 0.3) is 5.76 Å². The van der Waals surface area contributed by atoms with Crippen LogP contribution in [0.5, 0.6) is 11.5 Å². The highest BCUT2D eigenvalue weighted by atomic mass is 32.1. The minimum Gasteiger partial charge on any atom is -0.507 e. The Morgan fingerprint density at radius 1 is 1.00 bits per heavy atom. The molecule has 1 atom stereocenters. The molecule has 5 rings (SSSR count). The van der Waals surface area contributed by atoms with Crippen LogP contribution in [-0.2, 0) is 20.9 Å². The number of ether oxygens (including phenoxy) is 3. The number of benzene rings is 3. The number of aliphatic hydroxyl groups excluding tert-OH is 1. The first kappa shape index (κ1) is 29.5. The molecule has 10 heteroatoms. The largest absolute Gasteiger partial charge is 0.507 e. The Morgan fingerprint density at radius 2 is 1.72 bits per heavy atom. The average molecular weight is 599 g/mol. The molecule has 9 nitrogen and oxygen atoms in total. The van der Waals surface area contributed by atoms with Gasteiger partial charge in [-0.05, 0) is 67.8 Å². The van der Waals surface area contributed by atoms with Crippen molar-refractivity contribution in [3.05, 3.63) is 111 Å². The second-order valence-electron chi connectivity index (χ2n) is 9.83. The summed E-state index contributed by atoms with van der Waals surface area (Å²) in [5, 5.41) is 11.7. The number of anilines is 1. The van der Waals surface area contributed by atoms with E-state index in [1.807, 2.05) is 44.2 Å². The lowest BCUT2D eigenvalue weighted by Gasteiger charge is -2.23. The van der Waals surface area contributed by atoms with Gasteiger partial charge in [-0.15, -0.1) is 0 Å². The quantitative estimate of drug-likeness (QED) is 0.106. The molecular weight excluding hydrogens is 568 g/mol. The van der Waals surface area contributed by atoms with Crippen LogP contribution in [0.3, 0.4) is 0 Å². The molecule has 43 heavy (non-hydrogen) atoms. The molecule has 1 saturated heterocycles. The number of aryl methyl sites for hydroxylation is 2. The fourth-order valence-corrected chi connectivity index (χ4v) is 5.89. The van der Waals surface area contributed by atoms with Crippen molar-refractivity contribution in [1.82, 2.24) is 4.98 Å². The molecule has 1 N–H and O–H groups in total. The number of hydrogen-bond donors (Lipinski definition) is 1. The SMILES string of the molecule is CCOc1ccc(C2/C(=C(\O)c3ccc(OCc4ccccc4)c(C)c3)C(=O)C(=O)N2c2nc(C)c(C(=O)OC)s2)cc1. The Hall–Kier alpha value is -4.96. The first-order valence-electron chi connectivity index (χ1n) is 13.6. The summed E-state index contributed by atoms with van der Waals surface area (Å²) in [4.78, 5) is 45.3. The van der Waals surface area contributed by atoms with Gasteiger partial charge in [-0.25, -0.2) is 9.78 Å². The van der Waals surface area contributed by atoms with Crippen molar-refractivity contribution in [2.75, 3.05) is 18.6 Å². The Balaban J connectivity index is 1.57. The van der Waals surface area contributed by atoms with Crippen LogP contribution < -0.4 is 14.4 Å². The van der Waals surface area contributed by atoms with Crippen LogP contribution in [0.1, 0.15) is 50.6 Å². The van der Waals surface area contributed by atoms with E-state index in [1.54, 1.807) is 49.4 Å². The van der Waals surface area contributed by atoms with Crippen molar-refractivity contribution in [3.8, 4) is 11.5 Å². The normalized spacial score (nSPS) is 15.9. The lowest BCUT2D eigenvalue weighted by atomic mass is 9.95. The van der Waals surface area contributed by atoms with Gasteiger partial charge in [0.1, 0.15) is 28.7 Å². The molecular formula is C33H30N2O7S. The number of esters is 1. The molecule has 1 fully saturated rings. The second-order valence-corrected chi connectivity index (χ2v) is 10.8. The van der Waals surface area contributed by atoms with Gasteiger partial charge in [0.15, 0.2) is 5.13 Å². The molecule has 0 spiro atoms. The summed E-state index contributed by atoms with van der Waals surface area (Å²) < 4.78 is 16.4. The minimum absolute atomic E-state index is 0.0982. The zero-order valence-corrected chi connectivity index (χ0v) is 24.9. The third-order valence-electron chi connectivity index (χ3n) is 7.00. The molecule has 0 saturated carbocycles. The zero-order valence-electron chi connectivity index (χ0n) is 24.1. The van der Waals surface area contributed by atoms with E-state index >= 15 is 0 Å². The van der Waals surface area contributed by atoms with Crippen molar-refractivity contribution in [2.24, 2.45) is 0 Å². The van der Waals surface area contributed by atoms with Gasteiger partial charge < -0.3 is 19.3 Å². The first-order valence-corrected chi connectivity index (χ1v) is 14.4. The summed E-state index contributed by atoms with van der Waals surface area (Å²) in [7, 11) is 1.26. The maximum atomic E-state index is 13.6. The van der Waals surface area contributed by atoms with E-state index in [0.29, 0.717) is 41.5 Å². The number of rotatable bonds is 9. The van der Waals surface area contributed by atoms with Crippen molar-refractivity contribution in [3.63, 3.8) is 0 Å². The van der Waals surface area contributed by atoms with Crippen LogP contribution in [0.15, 0.2) is 78.4 Å². The number of amides is 1.